The minimum atomic E-state index is 0.695. The van der Waals surface area contributed by atoms with Crippen molar-refractivity contribution in [2.45, 2.75) is 32.4 Å². The number of fused-ring (bicyclic) bond motifs is 1. The van der Waals surface area contributed by atoms with Gasteiger partial charge in [0, 0.05) is 43.5 Å². The van der Waals surface area contributed by atoms with E-state index in [-0.39, 0.29) is 0 Å². The summed E-state index contributed by atoms with van der Waals surface area (Å²) in [5.41, 5.74) is 2.15. The van der Waals surface area contributed by atoms with Crippen LogP contribution in [0.15, 0.2) is 12.1 Å². The number of methoxy groups -OCH3 is 1. The molecule has 0 unspecified atom stereocenters. The van der Waals surface area contributed by atoms with Crippen molar-refractivity contribution in [2.75, 3.05) is 26.7 Å². The van der Waals surface area contributed by atoms with Gasteiger partial charge in [-0.15, -0.1) is 0 Å². The van der Waals surface area contributed by atoms with Crippen LogP contribution < -0.4 is 10.1 Å². The van der Waals surface area contributed by atoms with Crippen molar-refractivity contribution >= 4 is 0 Å². The Hall–Kier alpha value is -1.13. The zero-order valence-electron chi connectivity index (χ0n) is 11.9. The van der Waals surface area contributed by atoms with Gasteiger partial charge in [-0.3, -0.25) is 9.88 Å². The second-order valence-electron chi connectivity index (χ2n) is 5.80. The van der Waals surface area contributed by atoms with E-state index in [1.54, 1.807) is 7.11 Å². The van der Waals surface area contributed by atoms with Crippen LogP contribution in [0.1, 0.15) is 24.2 Å². The maximum absolute atomic E-state index is 5.32. The molecule has 0 aliphatic carbocycles. The Morgan fingerprint density at radius 1 is 1.42 bits per heavy atom. The molecular weight excluding hydrogens is 238 g/mol. The first-order valence-electron chi connectivity index (χ1n) is 7.22. The molecule has 2 fully saturated rings. The van der Waals surface area contributed by atoms with Crippen LogP contribution in [0.25, 0.3) is 0 Å². The van der Waals surface area contributed by atoms with E-state index in [0.717, 1.165) is 36.1 Å². The zero-order chi connectivity index (χ0) is 13.2. The molecule has 2 aliphatic heterocycles. The molecule has 0 aromatic carbocycles. The maximum atomic E-state index is 5.32. The highest BCUT2D eigenvalue weighted by Crippen LogP contribution is 2.26. The first-order chi connectivity index (χ1) is 9.24. The number of aromatic nitrogens is 1. The first-order valence-corrected chi connectivity index (χ1v) is 7.22. The molecule has 3 heterocycles. The quantitative estimate of drug-likeness (QED) is 0.896. The number of piperidine rings is 1. The number of pyridine rings is 1. The van der Waals surface area contributed by atoms with Crippen molar-refractivity contribution in [1.29, 1.82) is 0 Å². The third-order valence-corrected chi connectivity index (χ3v) is 4.28. The fourth-order valence-corrected chi connectivity index (χ4v) is 3.40. The molecule has 0 saturated carbocycles. The fourth-order valence-electron chi connectivity index (χ4n) is 3.40. The van der Waals surface area contributed by atoms with E-state index >= 15 is 0 Å². The lowest BCUT2D eigenvalue weighted by molar-refractivity contribution is 0.308. The first kappa shape index (κ1) is 12.9. The smallest absolute Gasteiger partial charge is 0.122 e. The number of nitrogens with zero attached hydrogens (tertiary/aromatic N) is 2. The van der Waals surface area contributed by atoms with Crippen LogP contribution in [0.2, 0.25) is 0 Å². The maximum Gasteiger partial charge on any atom is 0.122 e. The molecule has 4 nitrogen and oxygen atoms in total. The van der Waals surface area contributed by atoms with Crippen molar-refractivity contribution in [1.82, 2.24) is 15.2 Å². The van der Waals surface area contributed by atoms with Gasteiger partial charge in [0.1, 0.15) is 5.75 Å². The highest BCUT2D eigenvalue weighted by atomic mass is 16.5. The molecule has 3 rings (SSSR count). The van der Waals surface area contributed by atoms with Crippen molar-refractivity contribution in [3.05, 3.63) is 23.5 Å². The third kappa shape index (κ3) is 2.90. The van der Waals surface area contributed by atoms with Crippen molar-refractivity contribution in [3.63, 3.8) is 0 Å². The Balaban J connectivity index is 1.67. The van der Waals surface area contributed by atoms with Gasteiger partial charge in [0.05, 0.1) is 12.8 Å². The Labute approximate surface area is 115 Å². The number of likely N-dealkylation sites (tertiary alicyclic amines) is 1. The summed E-state index contributed by atoms with van der Waals surface area (Å²) in [6.45, 7) is 6.51. The van der Waals surface area contributed by atoms with Gasteiger partial charge in [-0.25, -0.2) is 0 Å². The summed E-state index contributed by atoms with van der Waals surface area (Å²) in [6.07, 6.45) is 2.70. The number of rotatable bonds is 3. The predicted octanol–water partition coefficient (Wildman–Crippen LogP) is 1.58. The van der Waals surface area contributed by atoms with Gasteiger partial charge in [-0.05, 0) is 32.2 Å². The van der Waals surface area contributed by atoms with Crippen LogP contribution in [-0.2, 0) is 6.54 Å². The van der Waals surface area contributed by atoms with Gasteiger partial charge in [0.15, 0.2) is 0 Å². The van der Waals surface area contributed by atoms with Crippen molar-refractivity contribution in [2.24, 2.45) is 5.92 Å². The minimum absolute atomic E-state index is 0.695. The lowest BCUT2D eigenvalue weighted by Crippen LogP contribution is -2.40. The lowest BCUT2D eigenvalue weighted by Gasteiger charge is -2.24. The summed E-state index contributed by atoms with van der Waals surface area (Å²) >= 11 is 0. The molecule has 1 aromatic heterocycles. The van der Waals surface area contributed by atoms with Crippen LogP contribution in [-0.4, -0.2) is 42.7 Å². The molecule has 0 amide bonds. The number of aryl methyl sites for hydroxylation is 1. The van der Waals surface area contributed by atoms with Crippen LogP contribution in [0.3, 0.4) is 0 Å². The average Bonchev–Trinajstić information content (AvgIpc) is 2.80. The van der Waals surface area contributed by atoms with Crippen LogP contribution in [0.4, 0.5) is 0 Å². The van der Waals surface area contributed by atoms with Gasteiger partial charge in [0.25, 0.3) is 0 Å². The van der Waals surface area contributed by atoms with Gasteiger partial charge < -0.3 is 10.1 Å². The monoisotopic (exact) mass is 261 g/mol. The van der Waals surface area contributed by atoms with Crippen LogP contribution in [0.5, 0.6) is 5.75 Å². The van der Waals surface area contributed by atoms with E-state index in [9.17, 15) is 0 Å². The van der Waals surface area contributed by atoms with Gasteiger partial charge in [-0.1, -0.05) is 0 Å². The second-order valence-corrected chi connectivity index (χ2v) is 5.80. The Morgan fingerprint density at radius 2 is 2.32 bits per heavy atom. The summed E-state index contributed by atoms with van der Waals surface area (Å²) < 4.78 is 5.32. The summed E-state index contributed by atoms with van der Waals surface area (Å²) in [5, 5.41) is 3.64. The molecule has 19 heavy (non-hydrogen) atoms. The Bertz CT molecular complexity index is 435. The van der Waals surface area contributed by atoms with Crippen molar-refractivity contribution < 1.29 is 4.74 Å². The Morgan fingerprint density at radius 3 is 3.11 bits per heavy atom. The largest absolute Gasteiger partial charge is 0.497 e. The summed E-state index contributed by atoms with van der Waals surface area (Å²) in [7, 11) is 1.72. The van der Waals surface area contributed by atoms with E-state index in [1.807, 2.05) is 13.0 Å². The van der Waals surface area contributed by atoms with E-state index in [4.69, 9.17) is 4.74 Å². The number of nitrogens with one attached hydrogen (secondary N) is 1. The molecule has 0 spiro atoms. The molecule has 0 bridgehead atoms. The molecule has 1 aromatic rings. The summed E-state index contributed by atoms with van der Waals surface area (Å²) in [6, 6.07) is 4.73. The van der Waals surface area contributed by atoms with E-state index in [0.29, 0.717) is 6.04 Å². The zero-order valence-corrected chi connectivity index (χ0v) is 11.9. The standard InChI is InChI=1S/C15H23N3O/c1-11-6-14(19-2)7-13(17-11)9-18-8-12-4-3-5-16-15(12)10-18/h6-7,12,15-16H,3-5,8-10H2,1-2H3/t12-,15+/m0/s1. The number of hydrogen-bond donors (Lipinski definition) is 1. The van der Waals surface area contributed by atoms with E-state index in [1.165, 1.54) is 25.9 Å². The molecular formula is C15H23N3O. The third-order valence-electron chi connectivity index (χ3n) is 4.28. The highest BCUT2D eigenvalue weighted by molar-refractivity contribution is 5.26. The SMILES string of the molecule is COc1cc(C)nc(CN2C[C@@H]3CCCN[C@@H]3C2)c1. The molecule has 1 N–H and O–H groups in total. The lowest BCUT2D eigenvalue weighted by atomic mass is 9.94. The highest BCUT2D eigenvalue weighted by Gasteiger charge is 2.34. The van der Waals surface area contributed by atoms with Crippen LogP contribution >= 0.6 is 0 Å². The van der Waals surface area contributed by atoms with E-state index in [2.05, 4.69) is 21.3 Å². The minimum Gasteiger partial charge on any atom is -0.497 e. The number of ether oxygens (including phenoxy) is 1. The molecule has 104 valence electrons. The molecule has 0 radical (unpaired) electrons. The predicted molar refractivity (Wildman–Crippen MR) is 75.3 cm³/mol. The van der Waals surface area contributed by atoms with Gasteiger partial charge in [-0.2, -0.15) is 0 Å². The van der Waals surface area contributed by atoms with Crippen molar-refractivity contribution in [3.8, 4) is 5.75 Å². The van der Waals surface area contributed by atoms with Gasteiger partial charge >= 0.3 is 0 Å². The summed E-state index contributed by atoms with van der Waals surface area (Å²) in [5.74, 6) is 1.75. The van der Waals surface area contributed by atoms with E-state index < -0.39 is 0 Å². The molecule has 2 atom stereocenters. The van der Waals surface area contributed by atoms with Gasteiger partial charge in [0.2, 0.25) is 0 Å². The Kier molecular flexibility index (Phi) is 3.71. The normalized spacial score (nSPS) is 27.3. The van der Waals surface area contributed by atoms with Crippen LogP contribution in [0, 0.1) is 12.8 Å². The summed E-state index contributed by atoms with van der Waals surface area (Å²) in [4.78, 5) is 7.14. The molecule has 2 saturated heterocycles. The topological polar surface area (TPSA) is 37.4 Å². The fraction of sp³-hybridized carbons (Fsp3) is 0.667. The average molecular weight is 261 g/mol. The number of hydrogen-bond acceptors (Lipinski definition) is 4. The second kappa shape index (κ2) is 5.47. The molecule has 2 aliphatic rings. The molecule has 4 heteroatoms.